The predicted octanol–water partition coefficient (Wildman–Crippen LogP) is 0.483. The number of hydrogen-bond donors (Lipinski definition) is 3. The third-order valence-electron chi connectivity index (χ3n) is 5.02. The van der Waals surface area contributed by atoms with Crippen molar-refractivity contribution in [1.82, 2.24) is 15.5 Å². The molecule has 1 saturated carbocycles. The van der Waals surface area contributed by atoms with Gasteiger partial charge in [-0.15, -0.1) is 24.0 Å². The largest absolute Gasteiger partial charge is 0.379 e. The van der Waals surface area contributed by atoms with Gasteiger partial charge in [0.1, 0.15) is 0 Å². The lowest BCUT2D eigenvalue weighted by Crippen LogP contribution is -2.56. The molecule has 0 aromatic heterocycles. The molecule has 0 spiro atoms. The Kier molecular flexibility index (Phi) is 10.7. The van der Waals surface area contributed by atoms with Gasteiger partial charge in [0, 0.05) is 31.7 Å². The lowest BCUT2D eigenvalue weighted by Gasteiger charge is -2.47. The molecule has 1 saturated heterocycles. The van der Waals surface area contributed by atoms with Gasteiger partial charge in [-0.2, -0.15) is 0 Å². The molecule has 0 radical (unpaired) electrons. The van der Waals surface area contributed by atoms with E-state index in [2.05, 4.69) is 15.5 Å². The van der Waals surface area contributed by atoms with Crippen LogP contribution in [-0.2, 0) is 14.8 Å². The number of nitrogens with two attached hydrogens (primary N) is 1. The average molecular weight is 503 g/mol. The number of primary sulfonamides is 1. The molecule has 2 aliphatic rings. The molecule has 8 nitrogen and oxygen atoms in total. The Morgan fingerprint density at radius 3 is 2.42 bits per heavy atom. The van der Waals surface area contributed by atoms with Crippen LogP contribution in [0.4, 0.5) is 0 Å². The number of nitrogens with zero attached hydrogens (tertiary/aromatic N) is 2. The van der Waals surface area contributed by atoms with E-state index in [-0.39, 0.29) is 41.8 Å². The second-order valence-electron chi connectivity index (χ2n) is 6.87. The Labute approximate surface area is 174 Å². The molecule has 154 valence electrons. The number of halogens is 1. The second-order valence-corrected chi connectivity index (χ2v) is 8.61. The summed E-state index contributed by atoms with van der Waals surface area (Å²) in [6.07, 6.45) is 6.09. The van der Waals surface area contributed by atoms with E-state index in [1.54, 1.807) is 0 Å². The summed E-state index contributed by atoms with van der Waals surface area (Å²) in [5, 5.41) is 11.3. The van der Waals surface area contributed by atoms with Gasteiger partial charge in [0.05, 0.1) is 25.5 Å². The summed E-state index contributed by atoms with van der Waals surface area (Å²) in [6.45, 7) is 7.21. The van der Waals surface area contributed by atoms with Gasteiger partial charge in [0.15, 0.2) is 5.96 Å². The van der Waals surface area contributed by atoms with Gasteiger partial charge in [0.25, 0.3) is 0 Å². The third kappa shape index (κ3) is 7.83. The van der Waals surface area contributed by atoms with Crippen molar-refractivity contribution in [2.75, 3.05) is 51.7 Å². The van der Waals surface area contributed by atoms with Crippen LogP contribution in [0.1, 0.15) is 39.0 Å². The Bertz CT molecular complexity index is 532. The van der Waals surface area contributed by atoms with Gasteiger partial charge < -0.3 is 15.4 Å². The SMILES string of the molecule is CCNC(=NCC1(N2CCOCC2)CCCCC1)NCCS(N)(=O)=O.I. The number of rotatable bonds is 7. The molecule has 1 aliphatic carbocycles. The molecule has 0 bridgehead atoms. The summed E-state index contributed by atoms with van der Waals surface area (Å²) in [4.78, 5) is 7.33. The highest BCUT2D eigenvalue weighted by atomic mass is 127. The first-order valence-electron chi connectivity index (χ1n) is 9.31. The smallest absolute Gasteiger partial charge is 0.210 e. The first-order chi connectivity index (χ1) is 12.0. The first kappa shape index (κ1) is 23.9. The van der Waals surface area contributed by atoms with Crippen LogP contribution in [0, 0.1) is 0 Å². The fourth-order valence-electron chi connectivity index (χ4n) is 3.70. The standard InChI is InChI=1S/C16H33N5O3S.HI/c1-2-18-15(19-8-13-25(17,22)23)20-14-16(6-4-3-5-7-16)21-9-11-24-12-10-21;/h2-14H2,1H3,(H2,17,22,23)(H2,18,19,20);1H. The third-order valence-corrected chi connectivity index (χ3v) is 5.79. The number of sulfonamides is 1. The van der Waals surface area contributed by atoms with Gasteiger partial charge in [-0.25, -0.2) is 13.6 Å². The van der Waals surface area contributed by atoms with Crippen LogP contribution in [0.25, 0.3) is 0 Å². The van der Waals surface area contributed by atoms with Gasteiger partial charge in [-0.3, -0.25) is 9.89 Å². The van der Waals surface area contributed by atoms with E-state index < -0.39 is 10.0 Å². The van der Waals surface area contributed by atoms with Crippen molar-refractivity contribution in [2.45, 2.75) is 44.6 Å². The van der Waals surface area contributed by atoms with Crippen LogP contribution in [0.2, 0.25) is 0 Å². The second kappa shape index (κ2) is 11.6. The zero-order valence-electron chi connectivity index (χ0n) is 15.7. The maximum atomic E-state index is 11.1. The number of ether oxygens (including phenoxy) is 1. The van der Waals surface area contributed by atoms with E-state index in [4.69, 9.17) is 14.9 Å². The molecule has 26 heavy (non-hydrogen) atoms. The van der Waals surface area contributed by atoms with E-state index in [0.29, 0.717) is 5.96 Å². The Balaban J connectivity index is 0.00000338. The lowest BCUT2D eigenvalue weighted by atomic mass is 9.80. The summed E-state index contributed by atoms with van der Waals surface area (Å²) in [7, 11) is -3.47. The molecule has 2 fully saturated rings. The van der Waals surface area contributed by atoms with Crippen LogP contribution in [0.5, 0.6) is 0 Å². The van der Waals surface area contributed by atoms with E-state index in [1.165, 1.54) is 19.3 Å². The summed E-state index contributed by atoms with van der Waals surface area (Å²) >= 11 is 0. The van der Waals surface area contributed by atoms with Crippen molar-refractivity contribution in [3.05, 3.63) is 0 Å². The average Bonchev–Trinajstić information content (AvgIpc) is 2.60. The maximum Gasteiger partial charge on any atom is 0.210 e. The summed E-state index contributed by atoms with van der Waals surface area (Å²) < 4.78 is 27.7. The lowest BCUT2D eigenvalue weighted by molar-refractivity contribution is -0.0333. The van der Waals surface area contributed by atoms with Crippen LogP contribution >= 0.6 is 24.0 Å². The van der Waals surface area contributed by atoms with Gasteiger partial charge in [-0.05, 0) is 19.8 Å². The van der Waals surface area contributed by atoms with Crippen LogP contribution < -0.4 is 15.8 Å². The van der Waals surface area contributed by atoms with Gasteiger partial charge >= 0.3 is 0 Å². The normalized spacial score (nSPS) is 21.7. The fraction of sp³-hybridized carbons (Fsp3) is 0.938. The van der Waals surface area contributed by atoms with Crippen molar-refractivity contribution in [2.24, 2.45) is 10.1 Å². The molecule has 10 heteroatoms. The van der Waals surface area contributed by atoms with E-state index in [9.17, 15) is 8.42 Å². The minimum atomic E-state index is -3.47. The topological polar surface area (TPSA) is 109 Å². The van der Waals surface area contributed by atoms with E-state index >= 15 is 0 Å². The van der Waals surface area contributed by atoms with Crippen LogP contribution in [-0.4, -0.2) is 76.5 Å². The molecule has 4 N–H and O–H groups in total. The van der Waals surface area contributed by atoms with Crippen molar-refractivity contribution < 1.29 is 13.2 Å². The number of morpholine rings is 1. The number of guanidine groups is 1. The Morgan fingerprint density at radius 1 is 1.19 bits per heavy atom. The minimum Gasteiger partial charge on any atom is -0.379 e. The Morgan fingerprint density at radius 2 is 1.85 bits per heavy atom. The van der Waals surface area contributed by atoms with Crippen LogP contribution in [0.3, 0.4) is 0 Å². The summed E-state index contributed by atoms with van der Waals surface area (Å²) in [5.74, 6) is 0.552. The van der Waals surface area contributed by atoms with E-state index in [1.807, 2.05) is 6.92 Å². The number of aliphatic imine (C=N–C) groups is 1. The first-order valence-corrected chi connectivity index (χ1v) is 11.0. The highest BCUT2D eigenvalue weighted by Gasteiger charge is 2.38. The Hall–Kier alpha value is -0.170. The zero-order valence-corrected chi connectivity index (χ0v) is 18.9. The highest BCUT2D eigenvalue weighted by molar-refractivity contribution is 14.0. The molecular formula is C16H34IN5O3S. The highest BCUT2D eigenvalue weighted by Crippen LogP contribution is 2.34. The summed E-state index contributed by atoms with van der Waals surface area (Å²) in [6, 6.07) is 0. The molecule has 1 aliphatic heterocycles. The molecule has 0 unspecified atom stereocenters. The van der Waals surface area contributed by atoms with Gasteiger partial charge in [-0.1, -0.05) is 19.3 Å². The molecular weight excluding hydrogens is 469 g/mol. The molecule has 0 atom stereocenters. The van der Waals surface area contributed by atoms with Gasteiger partial charge in [0.2, 0.25) is 10.0 Å². The van der Waals surface area contributed by atoms with Crippen LogP contribution in [0.15, 0.2) is 4.99 Å². The van der Waals surface area contributed by atoms with Crippen molar-refractivity contribution in [3.63, 3.8) is 0 Å². The quantitative estimate of drug-likeness (QED) is 0.265. The van der Waals surface area contributed by atoms with Crippen molar-refractivity contribution in [1.29, 1.82) is 0 Å². The maximum absolute atomic E-state index is 11.1. The molecule has 1 heterocycles. The fourth-order valence-corrected chi connectivity index (χ4v) is 4.09. The van der Waals surface area contributed by atoms with E-state index in [0.717, 1.165) is 52.2 Å². The molecule has 0 aromatic rings. The van der Waals surface area contributed by atoms with Crippen molar-refractivity contribution in [3.8, 4) is 0 Å². The minimum absolute atomic E-state index is 0. The molecule has 0 amide bonds. The monoisotopic (exact) mass is 503 g/mol. The predicted molar refractivity (Wildman–Crippen MR) is 116 cm³/mol. The number of hydrogen-bond acceptors (Lipinski definition) is 5. The number of nitrogens with one attached hydrogen (secondary N) is 2. The van der Waals surface area contributed by atoms with Crippen molar-refractivity contribution >= 4 is 40.0 Å². The zero-order chi connectivity index (χ0) is 18.2. The molecule has 0 aromatic carbocycles. The molecule has 2 rings (SSSR count). The summed E-state index contributed by atoms with van der Waals surface area (Å²) in [5.41, 5.74) is 0.102.